The number of hydrogen-bond acceptors (Lipinski definition) is 2. The van der Waals surface area contributed by atoms with Crippen molar-refractivity contribution in [3.05, 3.63) is 0 Å². The third-order valence-electron chi connectivity index (χ3n) is 2.73. The first-order chi connectivity index (χ1) is 7.19. The molecule has 1 unspecified atom stereocenters. The van der Waals surface area contributed by atoms with Crippen LogP contribution in [0, 0.1) is 0 Å². The lowest BCUT2D eigenvalue weighted by molar-refractivity contribution is -0.117. The smallest absolute Gasteiger partial charge is 0.321 e. The third kappa shape index (κ3) is 3.38. The van der Waals surface area contributed by atoms with Gasteiger partial charge in [-0.3, -0.25) is 10.1 Å². The van der Waals surface area contributed by atoms with E-state index in [-0.39, 0.29) is 18.0 Å². The third-order valence-corrected chi connectivity index (χ3v) is 2.97. The second-order valence-electron chi connectivity index (χ2n) is 3.74. The molecule has 0 radical (unpaired) electrons. The van der Waals surface area contributed by atoms with Gasteiger partial charge in [0.15, 0.2) is 0 Å². The number of piperidine rings is 1. The monoisotopic (exact) mass is 232 g/mol. The zero-order valence-corrected chi connectivity index (χ0v) is 9.72. The van der Waals surface area contributed by atoms with Crippen LogP contribution in [-0.4, -0.2) is 35.3 Å². The topological polar surface area (TPSA) is 49.4 Å². The summed E-state index contributed by atoms with van der Waals surface area (Å²) in [7, 11) is 0. The van der Waals surface area contributed by atoms with Crippen molar-refractivity contribution in [2.24, 2.45) is 0 Å². The molecule has 1 fully saturated rings. The Morgan fingerprint density at radius 3 is 2.80 bits per heavy atom. The second kappa shape index (κ2) is 5.95. The van der Waals surface area contributed by atoms with Crippen molar-refractivity contribution in [2.75, 3.05) is 12.4 Å². The van der Waals surface area contributed by atoms with Crippen LogP contribution in [0.15, 0.2) is 0 Å². The molecule has 1 rings (SSSR count). The normalized spacial score (nSPS) is 21.2. The summed E-state index contributed by atoms with van der Waals surface area (Å²) in [5.74, 6) is -0.599. The highest BCUT2D eigenvalue weighted by Gasteiger charge is 2.25. The Balaban J connectivity index is 2.52. The summed E-state index contributed by atoms with van der Waals surface area (Å²) < 4.78 is 0. The van der Waals surface area contributed by atoms with Crippen molar-refractivity contribution in [1.82, 2.24) is 10.2 Å². The Bertz CT molecular complexity index is 246. The summed E-state index contributed by atoms with van der Waals surface area (Å²) in [5.41, 5.74) is 0. The Hall–Kier alpha value is -0.770. The molecule has 86 valence electrons. The number of amides is 3. The predicted molar refractivity (Wildman–Crippen MR) is 58.9 cm³/mol. The molecule has 3 amide bonds. The fraction of sp³-hybridized carbons (Fsp3) is 0.800. The summed E-state index contributed by atoms with van der Waals surface area (Å²) >= 11 is 5.32. The number of carbonyl (C=O) groups excluding carboxylic acids is 2. The van der Waals surface area contributed by atoms with Crippen LogP contribution in [0.1, 0.15) is 32.6 Å². The lowest BCUT2D eigenvalue weighted by Crippen LogP contribution is -2.50. The van der Waals surface area contributed by atoms with Gasteiger partial charge < -0.3 is 4.90 Å². The van der Waals surface area contributed by atoms with Gasteiger partial charge in [0.05, 0.1) is 0 Å². The lowest BCUT2D eigenvalue weighted by atomic mass is 10.0. The van der Waals surface area contributed by atoms with Crippen LogP contribution in [0.5, 0.6) is 0 Å². The molecule has 4 nitrogen and oxygen atoms in total. The minimum absolute atomic E-state index is 0.170. The molecule has 0 aromatic carbocycles. The fourth-order valence-electron chi connectivity index (χ4n) is 1.92. The molecule has 1 saturated heterocycles. The van der Waals surface area contributed by atoms with E-state index in [1.54, 1.807) is 4.90 Å². The zero-order chi connectivity index (χ0) is 11.3. The Morgan fingerprint density at radius 1 is 1.47 bits per heavy atom. The van der Waals surface area contributed by atoms with E-state index in [1.807, 2.05) is 0 Å². The number of imide groups is 1. The lowest BCUT2D eigenvalue weighted by Gasteiger charge is -2.34. The van der Waals surface area contributed by atoms with Crippen LogP contribution < -0.4 is 5.32 Å². The summed E-state index contributed by atoms with van der Waals surface area (Å²) in [6, 6.07) is -0.0333. The highest BCUT2D eigenvalue weighted by molar-refractivity contribution is 6.28. The summed E-state index contributed by atoms with van der Waals surface area (Å²) in [4.78, 5) is 24.4. The average Bonchev–Trinajstić information content (AvgIpc) is 2.28. The van der Waals surface area contributed by atoms with Gasteiger partial charge in [-0.2, -0.15) is 0 Å². The van der Waals surface area contributed by atoms with E-state index >= 15 is 0 Å². The van der Waals surface area contributed by atoms with Crippen LogP contribution in [0.2, 0.25) is 0 Å². The van der Waals surface area contributed by atoms with E-state index in [0.29, 0.717) is 0 Å². The first-order valence-electron chi connectivity index (χ1n) is 5.35. The Morgan fingerprint density at radius 2 is 2.20 bits per heavy atom. The van der Waals surface area contributed by atoms with Crippen molar-refractivity contribution >= 4 is 23.5 Å². The maximum absolute atomic E-state index is 11.7. The van der Waals surface area contributed by atoms with Crippen molar-refractivity contribution in [2.45, 2.75) is 38.6 Å². The molecule has 5 heteroatoms. The number of nitrogens with one attached hydrogen (secondary N) is 1. The number of alkyl halides is 1. The molecular formula is C10H17ClN2O2. The molecule has 0 bridgehead atoms. The quantitative estimate of drug-likeness (QED) is 0.738. The zero-order valence-electron chi connectivity index (χ0n) is 8.96. The Kier molecular flexibility index (Phi) is 4.88. The minimum atomic E-state index is -0.429. The van der Waals surface area contributed by atoms with E-state index in [1.165, 1.54) is 0 Å². The molecular weight excluding hydrogens is 216 g/mol. The first kappa shape index (κ1) is 12.3. The van der Waals surface area contributed by atoms with Gasteiger partial charge in [-0.05, 0) is 25.7 Å². The average molecular weight is 233 g/mol. The summed E-state index contributed by atoms with van der Waals surface area (Å²) in [5, 5.41) is 2.28. The maximum Gasteiger partial charge on any atom is 0.324 e. The molecule has 1 aliphatic rings. The predicted octanol–water partition coefficient (Wildman–Crippen LogP) is 1.73. The van der Waals surface area contributed by atoms with Crippen molar-refractivity contribution in [3.63, 3.8) is 0 Å². The number of rotatable bonds is 2. The maximum atomic E-state index is 11.7. The van der Waals surface area contributed by atoms with Gasteiger partial charge in [-0.1, -0.05) is 6.92 Å². The van der Waals surface area contributed by atoms with E-state index in [4.69, 9.17) is 11.6 Å². The molecule has 1 atom stereocenters. The molecule has 0 aliphatic carbocycles. The van der Waals surface area contributed by atoms with Crippen LogP contribution >= 0.6 is 11.6 Å². The van der Waals surface area contributed by atoms with Gasteiger partial charge in [-0.15, -0.1) is 11.6 Å². The van der Waals surface area contributed by atoms with E-state index < -0.39 is 5.91 Å². The SMILES string of the molecule is CCC1CCCCN1C(=O)NC(=O)CCl. The molecule has 0 saturated carbocycles. The van der Waals surface area contributed by atoms with E-state index in [0.717, 1.165) is 32.2 Å². The van der Waals surface area contributed by atoms with Gasteiger partial charge >= 0.3 is 6.03 Å². The molecule has 1 heterocycles. The van der Waals surface area contributed by atoms with Gasteiger partial charge in [0.2, 0.25) is 5.91 Å². The van der Waals surface area contributed by atoms with E-state index in [9.17, 15) is 9.59 Å². The fourth-order valence-corrected chi connectivity index (χ4v) is 1.98. The number of hydrogen-bond donors (Lipinski definition) is 1. The highest BCUT2D eigenvalue weighted by Crippen LogP contribution is 2.19. The molecule has 1 aliphatic heterocycles. The van der Waals surface area contributed by atoms with Gasteiger partial charge in [-0.25, -0.2) is 4.79 Å². The second-order valence-corrected chi connectivity index (χ2v) is 4.01. The van der Waals surface area contributed by atoms with Crippen molar-refractivity contribution < 1.29 is 9.59 Å². The molecule has 0 aromatic rings. The Labute approximate surface area is 95.0 Å². The summed E-state index contributed by atoms with van der Waals surface area (Å²) in [6.07, 6.45) is 4.13. The van der Waals surface area contributed by atoms with Crippen LogP contribution in [0.3, 0.4) is 0 Å². The number of nitrogens with zero attached hydrogens (tertiary/aromatic N) is 1. The van der Waals surface area contributed by atoms with Crippen LogP contribution in [0.25, 0.3) is 0 Å². The standard InChI is InChI=1S/C10H17ClN2O2/c1-2-8-5-3-4-6-13(8)10(15)12-9(14)7-11/h8H,2-7H2,1H3,(H,12,14,15). The van der Waals surface area contributed by atoms with Gasteiger partial charge in [0.1, 0.15) is 5.88 Å². The first-order valence-corrected chi connectivity index (χ1v) is 5.89. The van der Waals surface area contributed by atoms with Crippen LogP contribution in [-0.2, 0) is 4.79 Å². The van der Waals surface area contributed by atoms with Crippen LogP contribution in [0.4, 0.5) is 4.79 Å². The molecule has 15 heavy (non-hydrogen) atoms. The molecule has 1 N–H and O–H groups in total. The van der Waals surface area contributed by atoms with Crippen molar-refractivity contribution in [3.8, 4) is 0 Å². The number of halogens is 1. The number of urea groups is 1. The van der Waals surface area contributed by atoms with Gasteiger partial charge in [0.25, 0.3) is 0 Å². The number of likely N-dealkylation sites (tertiary alicyclic amines) is 1. The van der Waals surface area contributed by atoms with Gasteiger partial charge in [0, 0.05) is 12.6 Å². The number of carbonyl (C=O) groups is 2. The highest BCUT2D eigenvalue weighted by atomic mass is 35.5. The van der Waals surface area contributed by atoms with E-state index in [2.05, 4.69) is 12.2 Å². The minimum Gasteiger partial charge on any atom is -0.321 e. The van der Waals surface area contributed by atoms with Crippen molar-refractivity contribution in [1.29, 1.82) is 0 Å². The molecule has 0 spiro atoms. The molecule has 0 aromatic heterocycles. The summed E-state index contributed by atoms with van der Waals surface area (Å²) in [6.45, 7) is 2.79. The largest absolute Gasteiger partial charge is 0.324 e.